The Bertz CT molecular complexity index is 1980. The fourth-order valence-electron chi connectivity index (χ4n) is 6.79. The van der Waals surface area contributed by atoms with Gasteiger partial charge in [0.2, 0.25) is 0 Å². The number of halogens is 1. The van der Waals surface area contributed by atoms with Crippen LogP contribution in [-0.2, 0) is 5.41 Å². The zero-order valence-electron chi connectivity index (χ0n) is 21.2. The molecule has 0 radical (unpaired) electrons. The molecular weight excluding hydrogens is 538 g/mol. The summed E-state index contributed by atoms with van der Waals surface area (Å²) < 4.78 is 3.51. The Balaban J connectivity index is 1.50. The number of hydrogen-bond acceptors (Lipinski definition) is 0. The van der Waals surface area contributed by atoms with Gasteiger partial charge in [0.15, 0.2) is 0 Å². The Morgan fingerprint density at radius 2 is 1.08 bits per heavy atom. The van der Waals surface area contributed by atoms with Crippen molar-refractivity contribution < 1.29 is 0 Å². The summed E-state index contributed by atoms with van der Waals surface area (Å²) in [6.45, 7) is 0. The zero-order chi connectivity index (χ0) is 26.0. The van der Waals surface area contributed by atoms with Gasteiger partial charge in [-0.1, -0.05) is 125 Å². The third kappa shape index (κ3) is 3.13. The van der Waals surface area contributed by atoms with Gasteiger partial charge in [0.1, 0.15) is 0 Å². The number of fused-ring (bicyclic) bond motifs is 6. The zero-order valence-corrected chi connectivity index (χ0v) is 22.8. The molecule has 6 aromatic carbocycles. The quantitative estimate of drug-likeness (QED) is 0.202. The normalized spacial score (nSPS) is 13.5. The van der Waals surface area contributed by atoms with Crippen LogP contribution in [-0.4, -0.2) is 4.57 Å². The first-order chi connectivity index (χ1) is 19.3. The van der Waals surface area contributed by atoms with E-state index in [9.17, 15) is 0 Å². The van der Waals surface area contributed by atoms with Crippen LogP contribution in [0.25, 0.3) is 38.6 Å². The molecule has 0 N–H and O–H groups in total. The van der Waals surface area contributed by atoms with Gasteiger partial charge in [-0.05, 0) is 69.8 Å². The molecule has 8 rings (SSSR count). The summed E-state index contributed by atoms with van der Waals surface area (Å²) in [5.74, 6) is 0. The van der Waals surface area contributed by atoms with Crippen molar-refractivity contribution in [2.75, 3.05) is 0 Å². The molecule has 7 aromatic rings. The van der Waals surface area contributed by atoms with Crippen LogP contribution >= 0.6 is 15.9 Å². The van der Waals surface area contributed by atoms with Crippen LogP contribution in [0.2, 0.25) is 0 Å². The Morgan fingerprint density at radius 1 is 0.462 bits per heavy atom. The highest BCUT2D eigenvalue weighted by molar-refractivity contribution is 9.10. The molecule has 0 aliphatic heterocycles. The summed E-state index contributed by atoms with van der Waals surface area (Å²) in [6, 6.07) is 53.3. The van der Waals surface area contributed by atoms with Crippen LogP contribution in [0, 0.1) is 0 Å². The van der Waals surface area contributed by atoms with Crippen molar-refractivity contribution >= 4 is 37.7 Å². The van der Waals surface area contributed by atoms with Gasteiger partial charge in [-0.25, -0.2) is 0 Å². The topological polar surface area (TPSA) is 4.93 Å². The van der Waals surface area contributed by atoms with Gasteiger partial charge >= 0.3 is 0 Å². The molecule has 1 heterocycles. The van der Waals surface area contributed by atoms with Gasteiger partial charge in [-0.2, -0.15) is 0 Å². The van der Waals surface area contributed by atoms with E-state index in [2.05, 4.69) is 166 Å². The molecule has 2 heteroatoms. The number of aromatic nitrogens is 1. The number of para-hydroxylation sites is 1. The molecule has 1 aliphatic rings. The molecule has 0 saturated heterocycles. The number of nitrogens with zero attached hydrogens (tertiary/aromatic N) is 1. The molecule has 39 heavy (non-hydrogen) atoms. The molecule has 0 spiro atoms. The molecule has 0 amide bonds. The molecule has 0 bridgehead atoms. The number of hydrogen-bond donors (Lipinski definition) is 0. The van der Waals surface area contributed by atoms with E-state index in [0.29, 0.717) is 0 Å². The highest BCUT2D eigenvalue weighted by atomic mass is 79.9. The van der Waals surface area contributed by atoms with Crippen LogP contribution in [0.15, 0.2) is 150 Å². The average molecular weight is 563 g/mol. The van der Waals surface area contributed by atoms with Crippen molar-refractivity contribution in [2.45, 2.75) is 5.41 Å². The van der Waals surface area contributed by atoms with Crippen molar-refractivity contribution in [2.24, 2.45) is 0 Å². The van der Waals surface area contributed by atoms with Crippen LogP contribution in [0.5, 0.6) is 0 Å². The fourth-order valence-corrected chi connectivity index (χ4v) is 7.16. The van der Waals surface area contributed by atoms with Crippen molar-refractivity contribution in [1.29, 1.82) is 0 Å². The maximum Gasteiger partial charge on any atom is 0.0714 e. The lowest BCUT2D eigenvalue weighted by Crippen LogP contribution is -2.28. The maximum absolute atomic E-state index is 3.70. The smallest absolute Gasteiger partial charge is 0.0714 e. The van der Waals surface area contributed by atoms with Crippen molar-refractivity contribution in [3.05, 3.63) is 172 Å². The van der Waals surface area contributed by atoms with Gasteiger partial charge in [-0.3, -0.25) is 0 Å². The molecule has 1 aliphatic carbocycles. The molecule has 0 atom stereocenters. The second kappa shape index (κ2) is 8.56. The van der Waals surface area contributed by atoms with Gasteiger partial charge in [0.05, 0.1) is 16.4 Å². The van der Waals surface area contributed by atoms with E-state index in [1.54, 1.807) is 0 Å². The molecule has 184 valence electrons. The predicted molar refractivity (Wildman–Crippen MR) is 166 cm³/mol. The lowest BCUT2D eigenvalue weighted by atomic mass is 9.67. The fraction of sp³-hybridized carbons (Fsp3) is 0.0270. The van der Waals surface area contributed by atoms with E-state index in [1.807, 2.05) is 0 Å². The summed E-state index contributed by atoms with van der Waals surface area (Å²) in [5.41, 5.74) is 11.0. The molecule has 1 nitrogen and oxygen atoms in total. The highest BCUT2D eigenvalue weighted by Crippen LogP contribution is 2.56. The second-order valence-corrected chi connectivity index (χ2v) is 11.2. The maximum atomic E-state index is 3.70. The van der Waals surface area contributed by atoms with Crippen LogP contribution in [0.1, 0.15) is 22.3 Å². The van der Waals surface area contributed by atoms with E-state index < -0.39 is 5.41 Å². The minimum atomic E-state index is -0.410. The standard InChI is InChI=1S/C37H24BrN/c38-27-19-22-36-32(23-27)31-16-8-10-18-35(31)39(36)28-20-21-30-29-15-7-9-17-33(29)37(34(30)24-28,25-11-3-1-4-12-25)26-13-5-2-6-14-26/h1-24H. The van der Waals surface area contributed by atoms with E-state index >= 15 is 0 Å². The van der Waals surface area contributed by atoms with E-state index in [4.69, 9.17) is 0 Å². The summed E-state index contributed by atoms with van der Waals surface area (Å²) in [7, 11) is 0. The van der Waals surface area contributed by atoms with Gasteiger partial charge in [0.25, 0.3) is 0 Å². The van der Waals surface area contributed by atoms with Gasteiger partial charge < -0.3 is 4.57 Å². The van der Waals surface area contributed by atoms with Crippen LogP contribution < -0.4 is 0 Å². The monoisotopic (exact) mass is 561 g/mol. The Kier molecular flexibility index (Phi) is 4.95. The first kappa shape index (κ1) is 22.6. The van der Waals surface area contributed by atoms with Crippen LogP contribution in [0.4, 0.5) is 0 Å². The third-order valence-corrected chi connectivity index (χ3v) is 8.83. The summed E-state index contributed by atoms with van der Waals surface area (Å²) in [5, 5.41) is 2.51. The first-order valence-electron chi connectivity index (χ1n) is 13.3. The number of benzene rings is 6. The summed E-state index contributed by atoms with van der Waals surface area (Å²) >= 11 is 3.70. The van der Waals surface area contributed by atoms with Gasteiger partial charge in [-0.15, -0.1) is 0 Å². The van der Waals surface area contributed by atoms with Crippen LogP contribution in [0.3, 0.4) is 0 Å². The molecule has 0 unspecified atom stereocenters. The Morgan fingerprint density at radius 3 is 1.85 bits per heavy atom. The largest absolute Gasteiger partial charge is 0.309 e. The van der Waals surface area contributed by atoms with Crippen molar-refractivity contribution in [3.63, 3.8) is 0 Å². The summed E-state index contributed by atoms with van der Waals surface area (Å²) in [6.07, 6.45) is 0. The van der Waals surface area contributed by atoms with Crippen molar-refractivity contribution in [3.8, 4) is 16.8 Å². The summed E-state index contributed by atoms with van der Waals surface area (Å²) in [4.78, 5) is 0. The van der Waals surface area contributed by atoms with Crippen molar-refractivity contribution in [1.82, 2.24) is 4.57 Å². The predicted octanol–water partition coefficient (Wildman–Crippen LogP) is 9.91. The minimum Gasteiger partial charge on any atom is -0.309 e. The lowest BCUT2D eigenvalue weighted by Gasteiger charge is -2.34. The molecular formula is C37H24BrN. The Labute approximate surface area is 236 Å². The lowest BCUT2D eigenvalue weighted by molar-refractivity contribution is 0.767. The minimum absolute atomic E-state index is 0.410. The first-order valence-corrected chi connectivity index (χ1v) is 14.1. The second-order valence-electron chi connectivity index (χ2n) is 10.3. The van der Waals surface area contributed by atoms with Gasteiger partial charge in [0, 0.05) is 20.9 Å². The van der Waals surface area contributed by atoms with E-state index in [-0.39, 0.29) is 0 Å². The highest BCUT2D eigenvalue weighted by Gasteiger charge is 2.46. The SMILES string of the molecule is Brc1ccc2c(c1)c1ccccc1n2-c1ccc2c(c1)C(c1ccccc1)(c1ccccc1)c1ccccc1-2. The molecule has 0 saturated carbocycles. The Hall–Kier alpha value is -4.40. The molecule has 1 aromatic heterocycles. The average Bonchev–Trinajstić information content (AvgIpc) is 3.48. The van der Waals surface area contributed by atoms with E-state index in [0.717, 1.165) is 4.47 Å². The number of rotatable bonds is 3. The van der Waals surface area contributed by atoms with E-state index in [1.165, 1.54) is 60.9 Å². The molecule has 0 fully saturated rings. The third-order valence-electron chi connectivity index (χ3n) is 8.33.